The second-order valence-corrected chi connectivity index (χ2v) is 5.98. The van der Waals surface area contributed by atoms with Gasteiger partial charge in [0.05, 0.1) is 21.1 Å². The molecular weight excluding hydrogens is 353 g/mol. The van der Waals surface area contributed by atoms with Crippen LogP contribution in [0.25, 0.3) is 11.0 Å². The van der Waals surface area contributed by atoms with Gasteiger partial charge in [-0.1, -0.05) is 23.2 Å². The highest BCUT2D eigenvalue weighted by Crippen LogP contribution is 2.27. The van der Waals surface area contributed by atoms with E-state index in [-0.39, 0.29) is 11.6 Å². The molecule has 6 nitrogen and oxygen atoms in total. The fourth-order valence-electron chi connectivity index (χ4n) is 2.16. The number of benzene rings is 2. The van der Waals surface area contributed by atoms with Crippen LogP contribution < -0.4 is 15.7 Å². The van der Waals surface area contributed by atoms with Crippen LogP contribution in [0.3, 0.4) is 0 Å². The molecule has 0 saturated heterocycles. The van der Waals surface area contributed by atoms with Gasteiger partial charge in [-0.05, 0) is 37.3 Å². The topological polar surface area (TPSA) is 87.0 Å². The number of halogens is 2. The number of aromatic amines is 2. The third-order valence-electron chi connectivity index (χ3n) is 3.36. The standard InChI is InChI=1S/C16H13Cl2N3O3/c1-8(24-10-3-4-11(17)12(18)7-10)15(22)19-9-2-5-13-14(6-9)21-16(23)20-13/h2-8H,1H3,(H,19,22)(H2,20,21,23). The SMILES string of the molecule is CC(Oc1ccc(Cl)c(Cl)c1)C(=O)Nc1ccc2[nH]c(=O)[nH]c2c1. The Morgan fingerprint density at radius 3 is 2.58 bits per heavy atom. The summed E-state index contributed by atoms with van der Waals surface area (Å²) in [5.41, 5.74) is 1.52. The predicted molar refractivity (Wildman–Crippen MR) is 94.1 cm³/mol. The van der Waals surface area contributed by atoms with E-state index in [1.165, 1.54) is 0 Å². The molecule has 2 aromatic carbocycles. The summed E-state index contributed by atoms with van der Waals surface area (Å²) in [6.07, 6.45) is -0.747. The van der Waals surface area contributed by atoms with E-state index < -0.39 is 6.10 Å². The summed E-state index contributed by atoms with van der Waals surface area (Å²) in [6, 6.07) is 9.83. The van der Waals surface area contributed by atoms with Gasteiger partial charge < -0.3 is 20.0 Å². The zero-order valence-electron chi connectivity index (χ0n) is 12.5. The summed E-state index contributed by atoms with van der Waals surface area (Å²) >= 11 is 11.8. The van der Waals surface area contributed by atoms with Crippen molar-refractivity contribution in [2.75, 3.05) is 5.32 Å². The van der Waals surface area contributed by atoms with Gasteiger partial charge in [-0.15, -0.1) is 0 Å². The van der Waals surface area contributed by atoms with Crippen molar-refractivity contribution in [1.82, 2.24) is 9.97 Å². The first-order valence-electron chi connectivity index (χ1n) is 7.07. The van der Waals surface area contributed by atoms with Crippen LogP contribution in [0.15, 0.2) is 41.2 Å². The van der Waals surface area contributed by atoms with Crippen molar-refractivity contribution in [1.29, 1.82) is 0 Å². The number of H-pyrrole nitrogens is 2. The molecule has 1 amide bonds. The number of carbonyl (C=O) groups is 1. The molecular formula is C16H13Cl2N3O3. The van der Waals surface area contributed by atoms with Gasteiger partial charge in [0.25, 0.3) is 5.91 Å². The zero-order valence-corrected chi connectivity index (χ0v) is 14.0. The molecule has 3 rings (SSSR count). The van der Waals surface area contributed by atoms with Gasteiger partial charge in [-0.25, -0.2) is 4.79 Å². The summed E-state index contributed by atoms with van der Waals surface area (Å²) < 4.78 is 5.56. The van der Waals surface area contributed by atoms with Gasteiger partial charge in [0.2, 0.25) is 0 Å². The van der Waals surface area contributed by atoms with Crippen LogP contribution in [0.4, 0.5) is 5.69 Å². The van der Waals surface area contributed by atoms with Crippen LogP contribution in [0.1, 0.15) is 6.92 Å². The first-order valence-corrected chi connectivity index (χ1v) is 7.82. The number of amides is 1. The molecule has 3 aromatic rings. The van der Waals surface area contributed by atoms with Crippen molar-refractivity contribution < 1.29 is 9.53 Å². The van der Waals surface area contributed by atoms with Crippen LogP contribution in [-0.4, -0.2) is 22.0 Å². The van der Waals surface area contributed by atoms with E-state index in [2.05, 4.69) is 15.3 Å². The number of carbonyl (C=O) groups excluding carboxylic acids is 1. The maximum atomic E-state index is 12.2. The molecule has 0 radical (unpaired) electrons. The monoisotopic (exact) mass is 365 g/mol. The predicted octanol–water partition coefficient (Wildman–Crippen LogP) is 3.57. The molecule has 0 aliphatic carbocycles. The van der Waals surface area contributed by atoms with Crippen LogP contribution in [-0.2, 0) is 4.79 Å². The lowest BCUT2D eigenvalue weighted by Crippen LogP contribution is -2.30. The van der Waals surface area contributed by atoms with E-state index in [1.807, 2.05) is 0 Å². The molecule has 8 heteroatoms. The third-order valence-corrected chi connectivity index (χ3v) is 4.10. The number of rotatable bonds is 4. The number of imidazole rings is 1. The highest BCUT2D eigenvalue weighted by molar-refractivity contribution is 6.42. The maximum absolute atomic E-state index is 12.2. The van der Waals surface area contributed by atoms with Crippen LogP contribution in [0.5, 0.6) is 5.75 Å². The van der Waals surface area contributed by atoms with Crippen molar-refractivity contribution >= 4 is 45.8 Å². The number of fused-ring (bicyclic) bond motifs is 1. The van der Waals surface area contributed by atoms with Crippen LogP contribution in [0.2, 0.25) is 10.0 Å². The van der Waals surface area contributed by atoms with Crippen molar-refractivity contribution in [3.63, 3.8) is 0 Å². The van der Waals surface area contributed by atoms with Crippen LogP contribution >= 0.6 is 23.2 Å². The number of hydrogen-bond acceptors (Lipinski definition) is 3. The Morgan fingerprint density at radius 2 is 1.83 bits per heavy atom. The Kier molecular flexibility index (Phi) is 4.51. The molecule has 1 heterocycles. The molecule has 24 heavy (non-hydrogen) atoms. The van der Waals surface area contributed by atoms with E-state index in [4.69, 9.17) is 27.9 Å². The lowest BCUT2D eigenvalue weighted by atomic mass is 10.2. The van der Waals surface area contributed by atoms with Crippen molar-refractivity contribution in [2.45, 2.75) is 13.0 Å². The third kappa shape index (κ3) is 3.55. The van der Waals surface area contributed by atoms with Gasteiger partial charge in [0.15, 0.2) is 6.10 Å². The van der Waals surface area contributed by atoms with Crippen molar-refractivity contribution in [2.24, 2.45) is 0 Å². The van der Waals surface area contributed by atoms with Gasteiger partial charge in [0.1, 0.15) is 5.75 Å². The van der Waals surface area contributed by atoms with Gasteiger partial charge in [0, 0.05) is 11.8 Å². The van der Waals surface area contributed by atoms with Crippen molar-refractivity contribution in [3.05, 3.63) is 56.9 Å². The quantitative estimate of drug-likeness (QED) is 0.660. The molecule has 124 valence electrons. The summed E-state index contributed by atoms with van der Waals surface area (Å²) in [5.74, 6) is 0.107. The normalized spacial score (nSPS) is 12.1. The Balaban J connectivity index is 1.70. The fourth-order valence-corrected chi connectivity index (χ4v) is 2.45. The smallest absolute Gasteiger partial charge is 0.323 e. The molecule has 0 aliphatic heterocycles. The number of anilines is 1. The molecule has 1 atom stereocenters. The first kappa shape index (κ1) is 16.4. The van der Waals surface area contributed by atoms with E-state index in [9.17, 15) is 9.59 Å². The van der Waals surface area contributed by atoms with E-state index >= 15 is 0 Å². The first-order chi connectivity index (χ1) is 11.4. The van der Waals surface area contributed by atoms with Gasteiger partial charge in [-0.2, -0.15) is 0 Å². The second kappa shape index (κ2) is 6.59. The summed E-state index contributed by atoms with van der Waals surface area (Å²) in [4.78, 5) is 28.7. The lowest BCUT2D eigenvalue weighted by Gasteiger charge is -2.15. The molecule has 3 N–H and O–H groups in total. The van der Waals surface area contributed by atoms with Crippen LogP contribution in [0, 0.1) is 0 Å². The van der Waals surface area contributed by atoms with Gasteiger partial charge in [-0.3, -0.25) is 4.79 Å². The highest BCUT2D eigenvalue weighted by atomic mass is 35.5. The second-order valence-electron chi connectivity index (χ2n) is 5.16. The van der Waals surface area contributed by atoms with E-state index in [1.54, 1.807) is 43.3 Å². The molecule has 1 aromatic heterocycles. The molecule has 0 fully saturated rings. The Morgan fingerprint density at radius 1 is 1.08 bits per heavy atom. The summed E-state index contributed by atoms with van der Waals surface area (Å²) in [7, 11) is 0. The molecule has 0 bridgehead atoms. The van der Waals surface area contributed by atoms with E-state index in [0.717, 1.165) is 0 Å². The minimum absolute atomic E-state index is 0.301. The maximum Gasteiger partial charge on any atom is 0.323 e. The van der Waals surface area contributed by atoms with E-state index in [0.29, 0.717) is 32.5 Å². The average Bonchev–Trinajstić information content (AvgIpc) is 2.90. The highest BCUT2D eigenvalue weighted by Gasteiger charge is 2.16. The summed E-state index contributed by atoms with van der Waals surface area (Å²) in [6.45, 7) is 1.62. The largest absolute Gasteiger partial charge is 0.481 e. The Bertz CT molecular complexity index is 965. The Hall–Kier alpha value is -2.44. The molecule has 0 spiro atoms. The minimum atomic E-state index is -0.747. The fraction of sp³-hybridized carbons (Fsp3) is 0.125. The van der Waals surface area contributed by atoms with Crippen molar-refractivity contribution in [3.8, 4) is 5.75 Å². The lowest BCUT2D eigenvalue weighted by molar-refractivity contribution is -0.122. The average molecular weight is 366 g/mol. The number of aromatic nitrogens is 2. The molecule has 1 unspecified atom stereocenters. The minimum Gasteiger partial charge on any atom is -0.481 e. The van der Waals surface area contributed by atoms with Gasteiger partial charge >= 0.3 is 5.69 Å². The zero-order chi connectivity index (χ0) is 17.3. The number of hydrogen-bond donors (Lipinski definition) is 3. The Labute approximate surface area is 146 Å². The summed E-state index contributed by atoms with van der Waals surface area (Å²) in [5, 5.41) is 3.49. The molecule has 0 aliphatic rings. The number of ether oxygens (including phenoxy) is 1. The number of nitrogens with one attached hydrogen (secondary N) is 3. The molecule has 0 saturated carbocycles.